The van der Waals surface area contributed by atoms with Crippen LogP contribution < -0.4 is 5.32 Å². The predicted molar refractivity (Wildman–Crippen MR) is 90.5 cm³/mol. The molecule has 0 heterocycles. The maximum Gasteiger partial charge on any atom is 0.0701 e. The third-order valence-electron chi connectivity index (χ3n) is 3.37. The van der Waals surface area contributed by atoms with Gasteiger partial charge in [0.2, 0.25) is 0 Å². The highest BCUT2D eigenvalue weighted by molar-refractivity contribution is 4.50. The molecule has 0 rings (SSSR count). The minimum atomic E-state index is 0.510. The first-order valence-corrected chi connectivity index (χ1v) is 8.71. The number of nitrogens with one attached hydrogen (secondary N) is 1. The zero-order chi connectivity index (χ0) is 16.5. The van der Waals surface area contributed by atoms with E-state index in [-0.39, 0.29) is 0 Å². The minimum Gasteiger partial charge on any atom is -0.379 e. The Labute approximate surface area is 137 Å². The second-order valence-corrected chi connectivity index (χ2v) is 5.86. The molecular formula is C17H37NO4. The average molecular weight is 319 g/mol. The summed E-state index contributed by atoms with van der Waals surface area (Å²) in [6, 6.07) is 0.510. The van der Waals surface area contributed by atoms with Crippen molar-refractivity contribution >= 4 is 0 Å². The summed E-state index contributed by atoms with van der Waals surface area (Å²) in [5.74, 6) is 0.748. The molecule has 0 radical (unpaired) electrons. The van der Waals surface area contributed by atoms with Crippen LogP contribution in [0, 0.1) is 5.92 Å². The topological polar surface area (TPSA) is 49.0 Å². The molecule has 0 spiro atoms. The SMILES string of the molecule is CCC(C)CCOCCOCCOCCOCCNC(C)C. The van der Waals surface area contributed by atoms with E-state index < -0.39 is 0 Å². The number of rotatable bonds is 17. The summed E-state index contributed by atoms with van der Waals surface area (Å²) < 4.78 is 21.8. The lowest BCUT2D eigenvalue weighted by molar-refractivity contribution is -0.00264. The molecular weight excluding hydrogens is 282 g/mol. The third kappa shape index (κ3) is 17.9. The first-order chi connectivity index (χ1) is 10.7. The molecule has 0 aliphatic rings. The Morgan fingerprint density at radius 2 is 1.14 bits per heavy atom. The summed E-state index contributed by atoms with van der Waals surface area (Å²) in [6.45, 7) is 15.0. The van der Waals surface area contributed by atoms with Crippen LogP contribution in [0.25, 0.3) is 0 Å². The van der Waals surface area contributed by atoms with Crippen molar-refractivity contribution in [3.63, 3.8) is 0 Å². The van der Waals surface area contributed by atoms with Gasteiger partial charge in [-0.3, -0.25) is 0 Å². The van der Waals surface area contributed by atoms with E-state index in [0.717, 1.165) is 32.1 Å². The quantitative estimate of drug-likeness (QED) is 0.417. The lowest BCUT2D eigenvalue weighted by Gasteiger charge is -2.10. The predicted octanol–water partition coefficient (Wildman–Crippen LogP) is 2.49. The Morgan fingerprint density at radius 3 is 1.59 bits per heavy atom. The van der Waals surface area contributed by atoms with Crippen molar-refractivity contribution in [1.82, 2.24) is 5.32 Å². The van der Waals surface area contributed by atoms with Gasteiger partial charge in [-0.2, -0.15) is 0 Å². The fraction of sp³-hybridized carbons (Fsp3) is 1.00. The van der Waals surface area contributed by atoms with E-state index in [1.165, 1.54) is 6.42 Å². The maximum atomic E-state index is 5.51. The van der Waals surface area contributed by atoms with E-state index in [1.807, 2.05) is 0 Å². The molecule has 134 valence electrons. The number of hydrogen-bond donors (Lipinski definition) is 1. The summed E-state index contributed by atoms with van der Waals surface area (Å²) in [4.78, 5) is 0. The van der Waals surface area contributed by atoms with Crippen molar-refractivity contribution in [1.29, 1.82) is 0 Å². The van der Waals surface area contributed by atoms with Gasteiger partial charge in [0.15, 0.2) is 0 Å². The highest BCUT2D eigenvalue weighted by atomic mass is 16.6. The zero-order valence-electron chi connectivity index (χ0n) is 15.1. The largest absolute Gasteiger partial charge is 0.379 e. The van der Waals surface area contributed by atoms with Gasteiger partial charge in [0.1, 0.15) is 0 Å². The highest BCUT2D eigenvalue weighted by Crippen LogP contribution is 2.05. The molecule has 0 saturated carbocycles. The first kappa shape index (κ1) is 21.8. The molecule has 0 aromatic rings. The first-order valence-electron chi connectivity index (χ1n) is 8.71. The van der Waals surface area contributed by atoms with Gasteiger partial charge in [0.25, 0.3) is 0 Å². The van der Waals surface area contributed by atoms with Crippen LogP contribution in [-0.2, 0) is 18.9 Å². The zero-order valence-corrected chi connectivity index (χ0v) is 15.1. The molecule has 0 aromatic heterocycles. The summed E-state index contributed by atoms with van der Waals surface area (Å²) in [5, 5.41) is 3.30. The Kier molecular flexibility index (Phi) is 17.0. The van der Waals surface area contributed by atoms with Gasteiger partial charge in [0, 0.05) is 19.2 Å². The van der Waals surface area contributed by atoms with E-state index in [4.69, 9.17) is 18.9 Å². The number of ether oxygens (including phenoxy) is 4. The molecule has 0 saturated heterocycles. The van der Waals surface area contributed by atoms with Crippen molar-refractivity contribution < 1.29 is 18.9 Å². The van der Waals surface area contributed by atoms with Crippen LogP contribution in [0.4, 0.5) is 0 Å². The summed E-state index contributed by atoms with van der Waals surface area (Å²) in [6.07, 6.45) is 2.35. The van der Waals surface area contributed by atoms with Gasteiger partial charge in [-0.1, -0.05) is 34.1 Å². The van der Waals surface area contributed by atoms with Crippen LogP contribution in [0.2, 0.25) is 0 Å². The molecule has 0 aromatic carbocycles. The Morgan fingerprint density at radius 1 is 0.682 bits per heavy atom. The molecule has 5 heteroatoms. The molecule has 1 N–H and O–H groups in total. The van der Waals surface area contributed by atoms with Gasteiger partial charge < -0.3 is 24.3 Å². The van der Waals surface area contributed by atoms with Crippen molar-refractivity contribution in [2.24, 2.45) is 5.92 Å². The van der Waals surface area contributed by atoms with Crippen molar-refractivity contribution in [3.8, 4) is 0 Å². The number of hydrogen-bond acceptors (Lipinski definition) is 5. The highest BCUT2D eigenvalue weighted by Gasteiger charge is 1.98. The molecule has 22 heavy (non-hydrogen) atoms. The minimum absolute atomic E-state index is 0.510. The van der Waals surface area contributed by atoms with Crippen LogP contribution in [0.1, 0.15) is 40.5 Å². The standard InChI is InChI=1S/C17H37NO4/c1-5-17(4)6-8-19-10-12-21-14-15-22-13-11-20-9-7-18-16(2)3/h16-18H,5-15H2,1-4H3. The van der Waals surface area contributed by atoms with E-state index in [9.17, 15) is 0 Å². The van der Waals surface area contributed by atoms with Gasteiger partial charge >= 0.3 is 0 Å². The summed E-state index contributed by atoms with van der Waals surface area (Å²) in [7, 11) is 0. The Hall–Kier alpha value is -0.200. The normalized spacial score (nSPS) is 13.0. The van der Waals surface area contributed by atoms with Gasteiger partial charge in [-0.15, -0.1) is 0 Å². The second kappa shape index (κ2) is 17.2. The van der Waals surface area contributed by atoms with Gasteiger partial charge in [0.05, 0.1) is 46.2 Å². The van der Waals surface area contributed by atoms with Crippen LogP contribution in [0.15, 0.2) is 0 Å². The Balaban J connectivity index is 3.00. The fourth-order valence-corrected chi connectivity index (χ4v) is 1.67. The van der Waals surface area contributed by atoms with E-state index in [0.29, 0.717) is 45.7 Å². The summed E-state index contributed by atoms with van der Waals surface area (Å²) in [5.41, 5.74) is 0. The van der Waals surface area contributed by atoms with Crippen molar-refractivity contribution in [2.75, 3.05) is 59.4 Å². The molecule has 1 unspecified atom stereocenters. The van der Waals surface area contributed by atoms with Gasteiger partial charge in [-0.05, 0) is 12.3 Å². The van der Waals surface area contributed by atoms with Crippen LogP contribution in [0.5, 0.6) is 0 Å². The third-order valence-corrected chi connectivity index (χ3v) is 3.37. The van der Waals surface area contributed by atoms with E-state index in [1.54, 1.807) is 0 Å². The second-order valence-electron chi connectivity index (χ2n) is 5.86. The molecule has 1 atom stereocenters. The molecule has 0 amide bonds. The van der Waals surface area contributed by atoms with Crippen LogP contribution >= 0.6 is 0 Å². The molecule has 0 bridgehead atoms. The van der Waals surface area contributed by atoms with Crippen LogP contribution in [-0.4, -0.2) is 65.4 Å². The molecule has 0 fully saturated rings. The molecule has 0 aliphatic heterocycles. The van der Waals surface area contributed by atoms with Crippen molar-refractivity contribution in [3.05, 3.63) is 0 Å². The van der Waals surface area contributed by atoms with Crippen molar-refractivity contribution in [2.45, 2.75) is 46.6 Å². The molecule has 5 nitrogen and oxygen atoms in total. The maximum absolute atomic E-state index is 5.51. The lowest BCUT2D eigenvalue weighted by atomic mass is 10.1. The van der Waals surface area contributed by atoms with E-state index >= 15 is 0 Å². The lowest BCUT2D eigenvalue weighted by Crippen LogP contribution is -2.27. The van der Waals surface area contributed by atoms with Crippen LogP contribution in [0.3, 0.4) is 0 Å². The van der Waals surface area contributed by atoms with Gasteiger partial charge in [-0.25, -0.2) is 0 Å². The average Bonchev–Trinajstić information content (AvgIpc) is 2.50. The van der Waals surface area contributed by atoms with E-state index in [2.05, 4.69) is 33.0 Å². The molecule has 0 aliphatic carbocycles. The Bertz CT molecular complexity index is 215. The monoisotopic (exact) mass is 319 g/mol. The summed E-state index contributed by atoms with van der Waals surface area (Å²) >= 11 is 0. The smallest absolute Gasteiger partial charge is 0.0701 e. The fourth-order valence-electron chi connectivity index (χ4n) is 1.67.